The van der Waals surface area contributed by atoms with Crippen molar-refractivity contribution < 1.29 is 8.83 Å². The van der Waals surface area contributed by atoms with Crippen LogP contribution in [0.15, 0.2) is 191 Å². The summed E-state index contributed by atoms with van der Waals surface area (Å²) in [6, 6.07) is 63.3. The monoisotopic (exact) mass is 761 g/mol. The molecule has 3 heterocycles. The van der Waals surface area contributed by atoms with Gasteiger partial charge in [-0.3, -0.25) is 0 Å². The van der Waals surface area contributed by atoms with E-state index < -0.39 is 0 Å². The van der Waals surface area contributed by atoms with Crippen LogP contribution in [0.3, 0.4) is 0 Å². The van der Waals surface area contributed by atoms with Crippen molar-refractivity contribution in [1.29, 1.82) is 0 Å². The molecule has 274 valence electrons. The molecular formula is C54H35NO2S. The van der Waals surface area contributed by atoms with Crippen LogP contribution in [-0.4, -0.2) is 0 Å². The molecule has 0 saturated carbocycles. The summed E-state index contributed by atoms with van der Waals surface area (Å²) in [4.78, 5) is 3.78. The lowest BCUT2D eigenvalue weighted by molar-refractivity contribution is 0.668. The van der Waals surface area contributed by atoms with Crippen molar-refractivity contribution >= 4 is 88.4 Å². The SMILES string of the molecule is C1=Cc2sc3c(-c4cccc(N(c5ccc(-c6ccc7oc8ccccc8c7c6)cc5)c5cccc(-c6ccc7oc8ccccc8c7c6)c5)c4)cccc3c2CC1. The number of anilines is 3. The Morgan fingerprint density at radius 2 is 0.966 bits per heavy atom. The minimum absolute atomic E-state index is 0.900. The van der Waals surface area contributed by atoms with Crippen LogP contribution in [0.1, 0.15) is 16.9 Å². The Kier molecular flexibility index (Phi) is 7.54. The number of rotatable bonds is 6. The number of aryl methyl sites for hydroxylation is 1. The molecule has 1 aliphatic rings. The molecule has 3 nitrogen and oxygen atoms in total. The Balaban J connectivity index is 0.986. The molecule has 4 heteroatoms. The number of hydrogen-bond donors (Lipinski definition) is 0. The first-order valence-corrected chi connectivity index (χ1v) is 20.7. The van der Waals surface area contributed by atoms with Crippen molar-refractivity contribution in [3.05, 3.63) is 192 Å². The van der Waals surface area contributed by atoms with Gasteiger partial charge in [-0.1, -0.05) is 109 Å². The molecule has 0 radical (unpaired) electrons. The van der Waals surface area contributed by atoms with Crippen molar-refractivity contribution in [3.8, 4) is 33.4 Å². The van der Waals surface area contributed by atoms with E-state index in [4.69, 9.17) is 8.83 Å². The van der Waals surface area contributed by atoms with E-state index in [2.05, 4.69) is 169 Å². The molecule has 0 saturated heterocycles. The average molecular weight is 762 g/mol. The highest BCUT2D eigenvalue weighted by molar-refractivity contribution is 7.20. The van der Waals surface area contributed by atoms with Crippen molar-refractivity contribution in [3.63, 3.8) is 0 Å². The van der Waals surface area contributed by atoms with E-state index in [1.54, 1.807) is 0 Å². The van der Waals surface area contributed by atoms with E-state index in [1.807, 2.05) is 35.6 Å². The second-order valence-electron chi connectivity index (χ2n) is 15.2. The molecule has 8 aromatic carbocycles. The van der Waals surface area contributed by atoms with E-state index in [0.29, 0.717) is 0 Å². The Labute approximate surface area is 339 Å². The average Bonchev–Trinajstić information content (AvgIpc) is 3.98. The number of nitrogens with zero attached hydrogens (tertiary/aromatic N) is 1. The third-order valence-electron chi connectivity index (χ3n) is 11.7. The van der Waals surface area contributed by atoms with Crippen molar-refractivity contribution in [2.45, 2.75) is 12.8 Å². The molecule has 3 aromatic heterocycles. The second-order valence-corrected chi connectivity index (χ2v) is 16.2. The highest BCUT2D eigenvalue weighted by Gasteiger charge is 2.19. The van der Waals surface area contributed by atoms with Crippen LogP contribution in [-0.2, 0) is 6.42 Å². The molecule has 0 unspecified atom stereocenters. The Bertz CT molecular complexity index is 3420. The van der Waals surface area contributed by atoms with Crippen LogP contribution >= 0.6 is 11.3 Å². The van der Waals surface area contributed by atoms with E-state index in [9.17, 15) is 0 Å². The van der Waals surface area contributed by atoms with Gasteiger partial charge in [0, 0.05) is 48.2 Å². The fourth-order valence-corrected chi connectivity index (χ4v) is 10.2. The molecule has 0 amide bonds. The first-order chi connectivity index (χ1) is 28.7. The molecule has 0 N–H and O–H groups in total. The van der Waals surface area contributed by atoms with E-state index in [0.717, 1.165) is 96.0 Å². The van der Waals surface area contributed by atoms with Gasteiger partial charge in [0.1, 0.15) is 22.3 Å². The summed E-state index contributed by atoms with van der Waals surface area (Å²) in [5.41, 5.74) is 15.5. The molecule has 11 aromatic rings. The third-order valence-corrected chi connectivity index (χ3v) is 13.0. The maximum Gasteiger partial charge on any atom is 0.135 e. The lowest BCUT2D eigenvalue weighted by atomic mass is 9.97. The van der Waals surface area contributed by atoms with Gasteiger partial charge in [0.15, 0.2) is 0 Å². The van der Waals surface area contributed by atoms with Crippen molar-refractivity contribution in [2.75, 3.05) is 4.90 Å². The smallest absolute Gasteiger partial charge is 0.135 e. The van der Waals surface area contributed by atoms with Crippen LogP contribution in [0.5, 0.6) is 0 Å². The summed E-state index contributed by atoms with van der Waals surface area (Å²) in [5.74, 6) is 0. The maximum absolute atomic E-state index is 6.18. The summed E-state index contributed by atoms with van der Waals surface area (Å²) in [5, 5.41) is 5.91. The van der Waals surface area contributed by atoms with E-state index in [-0.39, 0.29) is 0 Å². The number of fused-ring (bicyclic) bond motifs is 9. The summed E-state index contributed by atoms with van der Waals surface area (Å²) in [6.45, 7) is 0. The lowest BCUT2D eigenvalue weighted by Crippen LogP contribution is -2.10. The first-order valence-electron chi connectivity index (χ1n) is 19.9. The zero-order chi connectivity index (χ0) is 38.2. The van der Waals surface area contributed by atoms with Gasteiger partial charge in [-0.05, 0) is 136 Å². The fraction of sp³-hybridized carbons (Fsp3) is 0.0370. The quantitative estimate of drug-likeness (QED) is 0.169. The van der Waals surface area contributed by atoms with Gasteiger partial charge in [-0.15, -0.1) is 11.3 Å². The highest BCUT2D eigenvalue weighted by Crippen LogP contribution is 2.44. The van der Waals surface area contributed by atoms with Gasteiger partial charge in [0.25, 0.3) is 0 Å². The standard InChI is InChI=1S/C54H35NO2S/c1-4-19-49-43(14-1)47-32-36(24-28-51(47)56-49)34-22-26-39(27-23-34)55(40-12-7-10-35(30-40)37-25-29-52-48(33-37)44-15-2-5-20-50(44)57-52)41-13-8-11-38(31-41)42-17-9-18-46-45-16-3-6-21-53(45)58-54(42)46/h1-2,4-15,17-33H,3,16H2. The molecule has 0 fully saturated rings. The van der Waals surface area contributed by atoms with Gasteiger partial charge in [-0.25, -0.2) is 0 Å². The van der Waals surface area contributed by atoms with Gasteiger partial charge < -0.3 is 13.7 Å². The summed E-state index contributed by atoms with van der Waals surface area (Å²) in [6.07, 6.45) is 6.82. The predicted octanol–water partition coefficient (Wildman–Crippen LogP) is 16.1. The predicted molar refractivity (Wildman–Crippen MR) is 245 cm³/mol. The molecule has 0 aliphatic heterocycles. The molecule has 0 atom stereocenters. The second kappa shape index (κ2) is 13.2. The van der Waals surface area contributed by atoms with Crippen molar-refractivity contribution in [1.82, 2.24) is 0 Å². The number of furan rings is 2. The highest BCUT2D eigenvalue weighted by atomic mass is 32.1. The molecule has 0 spiro atoms. The van der Waals surface area contributed by atoms with Gasteiger partial charge in [0.2, 0.25) is 0 Å². The minimum Gasteiger partial charge on any atom is -0.456 e. The maximum atomic E-state index is 6.18. The van der Waals surface area contributed by atoms with Gasteiger partial charge in [0.05, 0.1) is 0 Å². The van der Waals surface area contributed by atoms with Gasteiger partial charge in [-0.2, -0.15) is 0 Å². The Morgan fingerprint density at radius 1 is 0.414 bits per heavy atom. The largest absolute Gasteiger partial charge is 0.456 e. The third kappa shape index (κ3) is 5.41. The first kappa shape index (κ1) is 33.0. The summed E-state index contributed by atoms with van der Waals surface area (Å²) in [7, 11) is 0. The normalized spacial score (nSPS) is 12.6. The minimum atomic E-state index is 0.900. The topological polar surface area (TPSA) is 29.5 Å². The number of allylic oxidation sites excluding steroid dienone is 1. The summed E-state index contributed by atoms with van der Waals surface area (Å²) >= 11 is 1.92. The van der Waals surface area contributed by atoms with E-state index in [1.165, 1.54) is 31.7 Å². The zero-order valence-electron chi connectivity index (χ0n) is 31.5. The molecule has 1 aliphatic carbocycles. The summed E-state index contributed by atoms with van der Waals surface area (Å²) < 4.78 is 13.7. The Hall–Kier alpha value is -7.14. The molecule has 12 rings (SSSR count). The van der Waals surface area contributed by atoms with Crippen LogP contribution in [0.4, 0.5) is 17.1 Å². The number of thiophene rings is 1. The van der Waals surface area contributed by atoms with E-state index >= 15 is 0 Å². The van der Waals surface area contributed by atoms with Gasteiger partial charge >= 0.3 is 0 Å². The van der Waals surface area contributed by atoms with Crippen LogP contribution < -0.4 is 4.90 Å². The van der Waals surface area contributed by atoms with Crippen LogP contribution in [0.25, 0.3) is 93.4 Å². The zero-order valence-corrected chi connectivity index (χ0v) is 32.3. The number of benzene rings is 8. The molecule has 0 bridgehead atoms. The molecule has 58 heavy (non-hydrogen) atoms. The number of para-hydroxylation sites is 2. The number of hydrogen-bond acceptors (Lipinski definition) is 4. The van der Waals surface area contributed by atoms with Crippen LogP contribution in [0, 0.1) is 0 Å². The van der Waals surface area contributed by atoms with Crippen LogP contribution in [0.2, 0.25) is 0 Å². The lowest BCUT2D eigenvalue weighted by Gasteiger charge is -2.27. The Morgan fingerprint density at radius 3 is 1.67 bits per heavy atom. The van der Waals surface area contributed by atoms with Crippen molar-refractivity contribution in [2.24, 2.45) is 0 Å². The fourth-order valence-electron chi connectivity index (χ4n) is 8.93. The molecular weight excluding hydrogens is 727 g/mol.